The number of urea groups is 1. The molecule has 1 aromatic carbocycles. The number of likely N-dealkylation sites (tertiary alicyclic amines) is 1. The van der Waals surface area contributed by atoms with Crippen LogP contribution >= 0.6 is 0 Å². The highest BCUT2D eigenvalue weighted by Crippen LogP contribution is 2.58. The predicted octanol–water partition coefficient (Wildman–Crippen LogP) is 3.53. The Balaban J connectivity index is 1.33. The second kappa shape index (κ2) is 7.02. The van der Waals surface area contributed by atoms with Crippen LogP contribution in [0.2, 0.25) is 0 Å². The first-order chi connectivity index (χ1) is 13.1. The van der Waals surface area contributed by atoms with Gasteiger partial charge in [0.2, 0.25) is 5.91 Å². The number of hydrogen-bond donors (Lipinski definition) is 2. The van der Waals surface area contributed by atoms with Crippen LogP contribution in [0.25, 0.3) is 0 Å². The molecule has 1 saturated heterocycles. The van der Waals surface area contributed by atoms with Gasteiger partial charge in [0.1, 0.15) is 0 Å². The first kappa shape index (κ1) is 17.5. The number of carbonyl (C=O) groups is 2. The highest BCUT2D eigenvalue weighted by atomic mass is 16.2. The van der Waals surface area contributed by atoms with Gasteiger partial charge in [-0.2, -0.15) is 0 Å². The quantitative estimate of drug-likeness (QED) is 0.872. The Morgan fingerprint density at radius 2 is 2.07 bits per heavy atom. The SMILES string of the molecule is CCc1cccc(NC(=O)N2CC[C@@]3(C[C@@H]3C(=O)Nc3cccnc3)C2)c1. The van der Waals surface area contributed by atoms with Gasteiger partial charge in [-0.15, -0.1) is 0 Å². The summed E-state index contributed by atoms with van der Waals surface area (Å²) in [7, 11) is 0. The van der Waals surface area contributed by atoms with Crippen molar-refractivity contribution in [1.29, 1.82) is 0 Å². The molecule has 1 aliphatic carbocycles. The number of nitrogens with zero attached hydrogens (tertiary/aromatic N) is 2. The molecule has 3 amide bonds. The van der Waals surface area contributed by atoms with Crippen LogP contribution in [0.15, 0.2) is 48.8 Å². The van der Waals surface area contributed by atoms with Crippen molar-refractivity contribution in [2.45, 2.75) is 26.2 Å². The fourth-order valence-corrected chi connectivity index (χ4v) is 3.98. The second-order valence-electron chi connectivity index (χ2n) is 7.51. The van der Waals surface area contributed by atoms with E-state index in [0.29, 0.717) is 18.8 Å². The number of aryl methyl sites for hydroxylation is 1. The van der Waals surface area contributed by atoms with Gasteiger partial charge in [-0.05, 0) is 49.1 Å². The third kappa shape index (κ3) is 3.65. The number of amides is 3. The van der Waals surface area contributed by atoms with Gasteiger partial charge in [0.15, 0.2) is 0 Å². The third-order valence-electron chi connectivity index (χ3n) is 5.69. The molecule has 4 rings (SSSR count). The van der Waals surface area contributed by atoms with Gasteiger partial charge in [-0.1, -0.05) is 19.1 Å². The minimum Gasteiger partial charge on any atom is -0.324 e. The number of rotatable bonds is 4. The Hall–Kier alpha value is -2.89. The molecule has 1 aliphatic heterocycles. The zero-order valence-corrected chi connectivity index (χ0v) is 15.4. The van der Waals surface area contributed by atoms with Crippen LogP contribution in [-0.2, 0) is 11.2 Å². The summed E-state index contributed by atoms with van der Waals surface area (Å²) in [5.41, 5.74) is 2.67. The van der Waals surface area contributed by atoms with E-state index in [-0.39, 0.29) is 23.3 Å². The van der Waals surface area contributed by atoms with Crippen molar-refractivity contribution in [3.63, 3.8) is 0 Å². The topological polar surface area (TPSA) is 74.3 Å². The molecule has 27 heavy (non-hydrogen) atoms. The number of carbonyl (C=O) groups excluding carboxylic acids is 2. The molecule has 2 aromatic rings. The molecular formula is C21H24N4O2. The number of aromatic nitrogens is 1. The molecule has 0 radical (unpaired) electrons. The first-order valence-electron chi connectivity index (χ1n) is 9.45. The maximum atomic E-state index is 12.6. The summed E-state index contributed by atoms with van der Waals surface area (Å²) in [5, 5.41) is 5.92. The van der Waals surface area contributed by atoms with Crippen LogP contribution in [-0.4, -0.2) is 34.9 Å². The summed E-state index contributed by atoms with van der Waals surface area (Å²) in [6, 6.07) is 11.5. The van der Waals surface area contributed by atoms with E-state index < -0.39 is 0 Å². The van der Waals surface area contributed by atoms with E-state index in [0.717, 1.165) is 24.9 Å². The lowest BCUT2D eigenvalue weighted by Crippen LogP contribution is -2.33. The number of benzene rings is 1. The van der Waals surface area contributed by atoms with Crippen LogP contribution in [0.3, 0.4) is 0 Å². The molecule has 2 heterocycles. The molecule has 6 heteroatoms. The standard InChI is InChI=1S/C21H24N4O2/c1-2-15-5-3-6-16(11-15)24-20(27)25-10-8-21(14-25)12-18(21)19(26)23-17-7-4-9-22-13-17/h3-7,9,11,13,18H,2,8,10,12,14H2,1H3,(H,23,26)(H,24,27)/t18-,21-/m1/s1. The van der Waals surface area contributed by atoms with E-state index in [1.54, 1.807) is 18.5 Å². The van der Waals surface area contributed by atoms with Crippen molar-refractivity contribution in [3.05, 3.63) is 54.4 Å². The molecule has 1 aromatic heterocycles. The lowest BCUT2D eigenvalue weighted by atomic mass is 10.0. The largest absolute Gasteiger partial charge is 0.324 e. The fraction of sp³-hybridized carbons (Fsp3) is 0.381. The van der Waals surface area contributed by atoms with E-state index in [1.165, 1.54) is 5.56 Å². The highest BCUT2D eigenvalue weighted by Gasteiger charge is 2.61. The van der Waals surface area contributed by atoms with Crippen LogP contribution in [0.5, 0.6) is 0 Å². The average Bonchev–Trinajstić information content (AvgIpc) is 3.22. The van der Waals surface area contributed by atoms with E-state index in [1.807, 2.05) is 29.2 Å². The Labute approximate surface area is 159 Å². The minimum absolute atomic E-state index is 0.0286. The fourth-order valence-electron chi connectivity index (χ4n) is 3.98. The normalized spacial score (nSPS) is 23.3. The summed E-state index contributed by atoms with van der Waals surface area (Å²) in [5.74, 6) is -0.000157. The molecule has 6 nitrogen and oxygen atoms in total. The molecule has 2 aliphatic rings. The number of pyridine rings is 1. The van der Waals surface area contributed by atoms with Crippen molar-refractivity contribution >= 4 is 23.3 Å². The Kier molecular flexibility index (Phi) is 4.56. The smallest absolute Gasteiger partial charge is 0.321 e. The summed E-state index contributed by atoms with van der Waals surface area (Å²) >= 11 is 0. The van der Waals surface area contributed by atoms with Crippen molar-refractivity contribution in [2.24, 2.45) is 11.3 Å². The van der Waals surface area contributed by atoms with Gasteiger partial charge < -0.3 is 15.5 Å². The molecule has 2 N–H and O–H groups in total. The Morgan fingerprint density at radius 3 is 2.85 bits per heavy atom. The van der Waals surface area contributed by atoms with E-state index in [2.05, 4.69) is 28.6 Å². The third-order valence-corrected chi connectivity index (χ3v) is 5.69. The van der Waals surface area contributed by atoms with Crippen molar-refractivity contribution < 1.29 is 9.59 Å². The molecule has 140 valence electrons. The zero-order chi connectivity index (χ0) is 18.9. The maximum Gasteiger partial charge on any atom is 0.321 e. The average molecular weight is 364 g/mol. The van der Waals surface area contributed by atoms with Gasteiger partial charge in [0.25, 0.3) is 0 Å². The molecule has 2 atom stereocenters. The second-order valence-corrected chi connectivity index (χ2v) is 7.51. The summed E-state index contributed by atoms with van der Waals surface area (Å²) in [6.07, 6.45) is 5.97. The maximum absolute atomic E-state index is 12.6. The molecule has 1 spiro atoms. The van der Waals surface area contributed by atoms with E-state index >= 15 is 0 Å². The van der Waals surface area contributed by atoms with Crippen molar-refractivity contribution in [1.82, 2.24) is 9.88 Å². The lowest BCUT2D eigenvalue weighted by Gasteiger charge is -2.18. The van der Waals surface area contributed by atoms with Crippen LogP contribution < -0.4 is 10.6 Å². The van der Waals surface area contributed by atoms with Gasteiger partial charge in [0, 0.05) is 36.3 Å². The summed E-state index contributed by atoms with van der Waals surface area (Å²) in [4.78, 5) is 31.0. The van der Waals surface area contributed by atoms with Gasteiger partial charge in [-0.25, -0.2) is 4.79 Å². The van der Waals surface area contributed by atoms with Crippen LogP contribution in [0.1, 0.15) is 25.3 Å². The summed E-state index contributed by atoms with van der Waals surface area (Å²) < 4.78 is 0. The number of anilines is 2. The lowest BCUT2D eigenvalue weighted by molar-refractivity contribution is -0.118. The van der Waals surface area contributed by atoms with E-state index in [9.17, 15) is 9.59 Å². The number of hydrogen-bond acceptors (Lipinski definition) is 3. The Bertz CT molecular complexity index is 854. The van der Waals surface area contributed by atoms with Crippen molar-refractivity contribution in [3.8, 4) is 0 Å². The molecule has 2 fully saturated rings. The monoisotopic (exact) mass is 364 g/mol. The van der Waals surface area contributed by atoms with Gasteiger partial charge in [0.05, 0.1) is 11.9 Å². The van der Waals surface area contributed by atoms with Gasteiger partial charge >= 0.3 is 6.03 Å². The van der Waals surface area contributed by atoms with Crippen LogP contribution in [0, 0.1) is 11.3 Å². The first-order valence-corrected chi connectivity index (χ1v) is 9.45. The summed E-state index contributed by atoms with van der Waals surface area (Å²) in [6.45, 7) is 3.42. The molecule has 0 unspecified atom stereocenters. The number of nitrogens with one attached hydrogen (secondary N) is 2. The van der Waals surface area contributed by atoms with E-state index in [4.69, 9.17) is 0 Å². The van der Waals surface area contributed by atoms with Crippen LogP contribution in [0.4, 0.5) is 16.2 Å². The molecule has 0 bridgehead atoms. The highest BCUT2D eigenvalue weighted by molar-refractivity contribution is 5.95. The molecular weight excluding hydrogens is 340 g/mol. The Morgan fingerprint density at radius 1 is 1.22 bits per heavy atom. The zero-order valence-electron chi connectivity index (χ0n) is 15.4. The van der Waals surface area contributed by atoms with Gasteiger partial charge in [-0.3, -0.25) is 9.78 Å². The molecule has 1 saturated carbocycles. The minimum atomic E-state index is -0.0848. The predicted molar refractivity (Wildman–Crippen MR) is 104 cm³/mol. The van der Waals surface area contributed by atoms with Crippen molar-refractivity contribution in [2.75, 3.05) is 23.7 Å².